The van der Waals surface area contributed by atoms with Crippen LogP contribution in [0.15, 0.2) is 59.4 Å². The molecule has 0 radical (unpaired) electrons. The zero-order valence-electron chi connectivity index (χ0n) is 48.2. The zero-order chi connectivity index (χ0) is 62.7. The van der Waals surface area contributed by atoms with Crippen molar-refractivity contribution in [2.45, 2.75) is 122 Å². The number of esters is 1. The number of rotatable bonds is 23. The van der Waals surface area contributed by atoms with Crippen molar-refractivity contribution >= 4 is 70.3 Å². The lowest BCUT2D eigenvalue weighted by Gasteiger charge is -2.39. The third-order valence-electron chi connectivity index (χ3n) is 15.3. The second-order valence-corrected chi connectivity index (χ2v) is 22.2. The molecule has 8 N–H and O–H groups in total. The first-order valence-electron chi connectivity index (χ1n) is 27.6. The predicted octanol–water partition coefficient (Wildman–Crippen LogP) is -0.0652. The number of aromatic nitrogens is 2. The highest BCUT2D eigenvalue weighted by Crippen LogP contribution is 2.47. The molecule has 2 aromatic heterocycles. The number of cyclic esters (lactones) is 1. The number of hydrogen-bond acceptors (Lipinski definition) is 18. The Bertz CT molecular complexity index is 3510. The fourth-order valence-corrected chi connectivity index (χ4v) is 10.9. The molecule has 4 aromatic rings. The Morgan fingerprint density at radius 3 is 2.21 bits per heavy atom. The van der Waals surface area contributed by atoms with E-state index in [2.05, 4.69) is 26.6 Å². The number of aliphatic hydroxyl groups is 2. The van der Waals surface area contributed by atoms with Crippen LogP contribution in [0.1, 0.15) is 92.4 Å². The van der Waals surface area contributed by atoms with Gasteiger partial charge in [-0.15, -0.1) is 0 Å². The van der Waals surface area contributed by atoms with Crippen LogP contribution < -0.4 is 32.1 Å². The highest BCUT2D eigenvalue weighted by atomic mass is 19.1. The minimum absolute atomic E-state index is 0.0538. The molecule has 8 rings (SSSR count). The third kappa shape index (κ3) is 13.4. The molecule has 458 valence electrons. The quantitative estimate of drug-likeness (QED) is 0.0241. The van der Waals surface area contributed by atoms with Gasteiger partial charge in [0.15, 0.2) is 5.60 Å². The van der Waals surface area contributed by atoms with Gasteiger partial charge in [0.25, 0.3) is 17.4 Å². The number of pyridine rings is 2. The fourth-order valence-electron chi connectivity index (χ4n) is 10.9. The summed E-state index contributed by atoms with van der Waals surface area (Å²) in [5, 5.41) is 45.5. The van der Waals surface area contributed by atoms with Crippen molar-refractivity contribution in [3.8, 4) is 11.4 Å². The fraction of sp³-hybridized carbons (Fsp3) is 0.448. The van der Waals surface area contributed by atoms with Crippen LogP contribution in [-0.2, 0) is 89.0 Å². The summed E-state index contributed by atoms with van der Waals surface area (Å²) in [6, 6.07) is 7.77. The van der Waals surface area contributed by atoms with Gasteiger partial charge in [-0.2, -0.15) is 0 Å². The van der Waals surface area contributed by atoms with Gasteiger partial charge in [0.1, 0.15) is 49.6 Å². The molecule has 6 atom stereocenters. The van der Waals surface area contributed by atoms with E-state index in [1.165, 1.54) is 31.4 Å². The van der Waals surface area contributed by atoms with E-state index >= 15 is 4.39 Å². The average molecular weight is 1200 g/mol. The van der Waals surface area contributed by atoms with E-state index < -0.39 is 152 Å². The van der Waals surface area contributed by atoms with Crippen LogP contribution in [-0.4, -0.2) is 175 Å². The van der Waals surface area contributed by atoms with E-state index in [4.69, 9.17) is 19.2 Å². The Kier molecular flexibility index (Phi) is 18.8. The van der Waals surface area contributed by atoms with Crippen LogP contribution in [0.25, 0.3) is 22.3 Å². The second-order valence-electron chi connectivity index (χ2n) is 22.2. The number of hydrogen-bond donors (Lipinski definition) is 8. The first-order valence-corrected chi connectivity index (χ1v) is 27.6. The van der Waals surface area contributed by atoms with E-state index in [1.54, 1.807) is 69.1 Å². The molecule has 2 aromatic carbocycles. The van der Waals surface area contributed by atoms with Gasteiger partial charge in [0, 0.05) is 47.2 Å². The number of fused-ring (bicyclic) bond motifs is 5. The first kappa shape index (κ1) is 63.0. The first-order chi connectivity index (χ1) is 40.6. The highest BCUT2D eigenvalue weighted by molar-refractivity contribution is 6.15. The largest absolute Gasteiger partial charge is 0.480 e. The summed E-state index contributed by atoms with van der Waals surface area (Å²) in [6.07, 6.45) is -1.01. The number of carbonyl (C=O) groups excluding carboxylic acids is 9. The van der Waals surface area contributed by atoms with Crippen LogP contribution in [0.4, 0.5) is 9.18 Å². The van der Waals surface area contributed by atoms with Crippen molar-refractivity contribution in [1.29, 1.82) is 0 Å². The lowest BCUT2D eigenvalue weighted by molar-refractivity contribution is -0.172. The molecule has 28 heteroatoms. The molecule has 0 bridgehead atoms. The van der Waals surface area contributed by atoms with Gasteiger partial charge in [0.05, 0.1) is 61.3 Å². The summed E-state index contributed by atoms with van der Waals surface area (Å²) >= 11 is 0. The summed E-state index contributed by atoms with van der Waals surface area (Å²) < 4.78 is 33.4. The molecule has 1 unspecified atom stereocenters. The molecular weight excluding hydrogens is 1130 g/mol. The molecule has 5 heterocycles. The van der Waals surface area contributed by atoms with Gasteiger partial charge >= 0.3 is 18.0 Å². The minimum atomic E-state index is -2.07. The molecule has 0 fully saturated rings. The number of carboxylic acids is 1. The third-order valence-corrected chi connectivity index (χ3v) is 15.3. The Morgan fingerprint density at radius 2 is 1.56 bits per heavy atom. The molecule has 27 nitrogen and oxygen atoms in total. The number of carbonyl (C=O) groups is 10. The molecule has 0 saturated carbocycles. The summed E-state index contributed by atoms with van der Waals surface area (Å²) in [4.78, 5) is 151. The predicted molar refractivity (Wildman–Crippen MR) is 299 cm³/mol. The molecular formula is C58H67FN10O17. The van der Waals surface area contributed by atoms with Crippen molar-refractivity contribution in [1.82, 2.24) is 50.8 Å². The van der Waals surface area contributed by atoms with Crippen LogP contribution in [0.5, 0.6) is 0 Å². The van der Waals surface area contributed by atoms with Crippen molar-refractivity contribution in [2.24, 2.45) is 0 Å². The van der Waals surface area contributed by atoms with Crippen LogP contribution >= 0.6 is 0 Å². The number of imide groups is 1. The standard InChI is InChI=1S/C58H67FN10O17/c1-8-58(83)35-19-40-50-33(24-68(40)54(80)34(35)27-84-55(58)81)49-39(15-14-32-29(2)36(59)20-37(65-50)48(32)49)66(7)53(79)30(3)85-28-63-43(71)22-61-51(77)38(18-31-12-10-9-11-13-31)64-44(72)23-60-42(70)21-62-52(78)41(69-45(73)16-17-46(69)74)25-67(26-47(75)76)56(82)86-57(4,5)6/h9-13,16-17,19-20,30,38-39,41,53,79,83H,8,14-15,18,21-28H2,1-7H3,(H,60,70)(H,61,77)(H,62,78)(H,63,71)(H,64,72)(H,75,76)/t30-,38-,39-,41-,53?,58-/m0/s1. The molecule has 8 amide bonds. The number of benzene rings is 2. The van der Waals surface area contributed by atoms with Crippen molar-refractivity contribution in [3.05, 3.63) is 110 Å². The zero-order valence-corrected chi connectivity index (χ0v) is 48.2. The maximum absolute atomic E-state index is 15.6. The Morgan fingerprint density at radius 1 is 0.907 bits per heavy atom. The Hall–Kier alpha value is -8.99. The number of aliphatic hydroxyl groups excluding tert-OH is 1. The number of aliphatic carboxylic acids is 1. The van der Waals surface area contributed by atoms with Crippen molar-refractivity contribution in [3.63, 3.8) is 0 Å². The normalized spacial score (nSPS) is 18.0. The number of ether oxygens (including phenoxy) is 3. The summed E-state index contributed by atoms with van der Waals surface area (Å²) in [5.74, 6) is -9.21. The van der Waals surface area contributed by atoms with Gasteiger partial charge in [-0.3, -0.25) is 57.9 Å². The average Bonchev–Trinajstić information content (AvgIpc) is 1.87. The number of carboxylic acid groups (broad SMARTS) is 1. The number of halogens is 1. The van der Waals surface area contributed by atoms with E-state index in [1.807, 2.05) is 0 Å². The smallest absolute Gasteiger partial charge is 0.410 e. The van der Waals surface area contributed by atoms with E-state index in [-0.39, 0.29) is 37.1 Å². The maximum atomic E-state index is 15.6. The summed E-state index contributed by atoms with van der Waals surface area (Å²) in [7, 11) is 1.68. The van der Waals surface area contributed by atoms with Gasteiger partial charge in [-0.05, 0) is 89.2 Å². The van der Waals surface area contributed by atoms with Gasteiger partial charge in [-0.1, -0.05) is 37.3 Å². The van der Waals surface area contributed by atoms with Gasteiger partial charge < -0.3 is 60.7 Å². The summed E-state index contributed by atoms with van der Waals surface area (Å²) in [6.45, 7) is 4.73. The molecule has 86 heavy (non-hydrogen) atoms. The lowest BCUT2D eigenvalue weighted by Crippen LogP contribution is -2.57. The number of aryl methyl sites for hydroxylation is 1. The van der Waals surface area contributed by atoms with E-state index in [0.29, 0.717) is 67.2 Å². The van der Waals surface area contributed by atoms with Crippen LogP contribution in [0.3, 0.4) is 0 Å². The number of nitrogens with zero attached hydrogens (tertiary/aromatic N) is 5. The SMILES string of the molecule is CC[C@@]1(O)C(=O)OCc2c1cc1n(c2=O)Cc2c-1nc1cc(F)c(C)c3c1c2[C@@H](N(C)C(O)[C@H](C)OCNC(=O)CNC(=O)[C@H](Cc1ccccc1)NC(=O)CNC(=O)CNC(=O)[C@H](CN(CC(=O)O)C(=O)OC(C)(C)C)N1C(=O)C=CC1=O)CC3. The number of likely N-dealkylation sites (N-methyl/N-ethyl adjacent to an activating group) is 1. The van der Waals surface area contributed by atoms with Gasteiger partial charge in [-0.25, -0.2) is 19.0 Å². The minimum Gasteiger partial charge on any atom is -0.480 e. The lowest BCUT2D eigenvalue weighted by atomic mass is 9.81. The number of amides is 8. The molecule has 3 aliphatic heterocycles. The second kappa shape index (κ2) is 25.7. The van der Waals surface area contributed by atoms with Crippen molar-refractivity contribution in [2.75, 3.05) is 46.5 Å². The van der Waals surface area contributed by atoms with E-state index in [9.17, 15) is 68.1 Å². The molecule has 1 aliphatic carbocycles. The number of nitrogens with one attached hydrogen (secondary N) is 5. The van der Waals surface area contributed by atoms with E-state index in [0.717, 1.165) is 17.7 Å². The van der Waals surface area contributed by atoms with Crippen LogP contribution in [0.2, 0.25) is 0 Å². The highest BCUT2D eigenvalue weighted by Gasteiger charge is 2.47. The van der Waals surface area contributed by atoms with Crippen molar-refractivity contribution < 1.29 is 81.9 Å². The topological polar surface area (TPSA) is 364 Å². The van der Waals surface area contributed by atoms with Gasteiger partial charge in [0.2, 0.25) is 29.5 Å². The Labute approximate surface area is 491 Å². The monoisotopic (exact) mass is 1190 g/mol. The molecule has 4 aliphatic rings. The maximum Gasteiger partial charge on any atom is 0.410 e. The summed E-state index contributed by atoms with van der Waals surface area (Å²) in [5.41, 5.74) is 0.772. The molecule has 0 saturated heterocycles. The molecule has 0 spiro atoms. The van der Waals surface area contributed by atoms with Crippen LogP contribution in [0, 0.1) is 12.7 Å². The Balaban J connectivity index is 0.860.